The molecule has 0 aliphatic rings. The van der Waals surface area contributed by atoms with Gasteiger partial charge < -0.3 is 9.47 Å². The number of ether oxygens (including phenoxy) is 2. The lowest BCUT2D eigenvalue weighted by Gasteiger charge is -2.07. The van der Waals surface area contributed by atoms with Gasteiger partial charge >= 0.3 is 6.16 Å². The van der Waals surface area contributed by atoms with E-state index in [1.807, 2.05) is 6.92 Å². The van der Waals surface area contributed by atoms with Crippen molar-refractivity contribution in [1.29, 1.82) is 0 Å². The third-order valence-electron chi connectivity index (χ3n) is 1.71. The maximum absolute atomic E-state index is 11.0. The Morgan fingerprint density at radius 1 is 1.50 bits per heavy atom. The molecule has 0 saturated heterocycles. The lowest BCUT2D eigenvalue weighted by atomic mass is 10.1. The molecule has 0 aromatic heterocycles. The summed E-state index contributed by atoms with van der Waals surface area (Å²) in [7, 11) is 0. The second-order valence-electron chi connectivity index (χ2n) is 2.65. The van der Waals surface area contributed by atoms with E-state index in [-0.39, 0.29) is 0 Å². The fourth-order valence-electron chi connectivity index (χ4n) is 1.06. The Labute approximate surface area is 83.6 Å². The average Bonchev–Trinajstić information content (AvgIpc) is 2.19. The van der Waals surface area contributed by atoms with Gasteiger partial charge in [-0.3, -0.25) is 0 Å². The van der Waals surface area contributed by atoms with E-state index in [2.05, 4.69) is 10.8 Å². The molecule has 0 heterocycles. The maximum atomic E-state index is 11.0. The van der Waals surface area contributed by atoms with E-state index in [0.717, 1.165) is 12.0 Å². The molecule has 3 heteroatoms. The van der Waals surface area contributed by atoms with Crippen molar-refractivity contribution >= 4 is 6.16 Å². The predicted molar refractivity (Wildman–Crippen MR) is 52.3 cm³/mol. The predicted octanol–water partition coefficient (Wildman–Crippen LogP) is 2.58. The lowest BCUT2D eigenvalue weighted by molar-refractivity contribution is 0.104. The van der Waals surface area contributed by atoms with Crippen LogP contribution in [0.3, 0.4) is 0 Å². The minimum atomic E-state index is -0.665. The average molecular weight is 193 g/mol. The van der Waals surface area contributed by atoms with Crippen molar-refractivity contribution in [3.05, 3.63) is 29.8 Å². The van der Waals surface area contributed by atoms with Crippen LogP contribution >= 0.6 is 0 Å². The number of hydrogen-bond donors (Lipinski definition) is 0. The first-order valence-electron chi connectivity index (χ1n) is 4.62. The second-order valence-corrected chi connectivity index (χ2v) is 2.65. The monoisotopic (exact) mass is 193 g/mol. The quantitative estimate of drug-likeness (QED) is 0.546. The molecule has 0 aliphatic heterocycles. The highest BCUT2D eigenvalue weighted by atomic mass is 16.7. The van der Waals surface area contributed by atoms with Gasteiger partial charge in [-0.05, 0) is 25.5 Å². The molecule has 1 aromatic rings. The molecule has 75 valence electrons. The van der Waals surface area contributed by atoms with Gasteiger partial charge in [-0.25, -0.2) is 4.79 Å². The molecule has 0 N–H and O–H groups in total. The normalized spacial score (nSPS) is 9.57. The molecular weight excluding hydrogens is 180 g/mol. The molecule has 3 nitrogen and oxygen atoms in total. The number of carbonyl (C=O) groups is 1. The number of hydrogen-bond acceptors (Lipinski definition) is 3. The molecule has 0 unspecified atom stereocenters. The van der Waals surface area contributed by atoms with Crippen molar-refractivity contribution in [2.45, 2.75) is 20.3 Å². The summed E-state index contributed by atoms with van der Waals surface area (Å²) in [6.45, 7) is 4.03. The summed E-state index contributed by atoms with van der Waals surface area (Å²) in [5, 5.41) is 0. The minimum Gasteiger partial charge on any atom is -0.434 e. The van der Waals surface area contributed by atoms with E-state index >= 15 is 0 Å². The standard InChI is InChI=1S/C11H13O3/c1-3-9-7-5-6-8-10(9)14-11(12)13-4-2/h5-6,8H,3-4H2,1-2H3. The van der Waals surface area contributed by atoms with Crippen LogP contribution in [0.2, 0.25) is 0 Å². The van der Waals surface area contributed by atoms with Gasteiger partial charge in [0.05, 0.1) is 6.61 Å². The molecule has 14 heavy (non-hydrogen) atoms. The highest BCUT2D eigenvalue weighted by molar-refractivity contribution is 5.64. The Hall–Kier alpha value is -1.51. The third kappa shape index (κ3) is 2.76. The van der Waals surface area contributed by atoms with Crippen molar-refractivity contribution in [2.24, 2.45) is 0 Å². The number of benzene rings is 1. The van der Waals surface area contributed by atoms with E-state index in [0.29, 0.717) is 12.4 Å². The van der Waals surface area contributed by atoms with E-state index in [1.54, 1.807) is 25.1 Å². The Morgan fingerprint density at radius 2 is 2.29 bits per heavy atom. The molecule has 0 saturated carbocycles. The van der Waals surface area contributed by atoms with E-state index < -0.39 is 6.16 Å². The van der Waals surface area contributed by atoms with Crippen LogP contribution in [-0.2, 0) is 11.2 Å². The number of rotatable bonds is 3. The smallest absolute Gasteiger partial charge is 0.434 e. The van der Waals surface area contributed by atoms with Gasteiger partial charge in [0.25, 0.3) is 0 Å². The first-order valence-corrected chi connectivity index (χ1v) is 4.62. The largest absolute Gasteiger partial charge is 0.513 e. The zero-order valence-corrected chi connectivity index (χ0v) is 8.37. The third-order valence-corrected chi connectivity index (χ3v) is 1.71. The molecule has 0 aliphatic carbocycles. The summed E-state index contributed by atoms with van der Waals surface area (Å²) in [5.41, 5.74) is 0.876. The zero-order chi connectivity index (χ0) is 10.4. The van der Waals surface area contributed by atoms with Gasteiger partial charge in [0.15, 0.2) is 0 Å². The van der Waals surface area contributed by atoms with Crippen LogP contribution in [-0.4, -0.2) is 12.8 Å². The van der Waals surface area contributed by atoms with E-state index in [4.69, 9.17) is 4.74 Å². The Morgan fingerprint density at radius 3 is 2.93 bits per heavy atom. The summed E-state index contributed by atoms with van der Waals surface area (Å²) in [4.78, 5) is 11.0. The lowest BCUT2D eigenvalue weighted by Crippen LogP contribution is -2.11. The van der Waals surface area contributed by atoms with Crippen molar-refractivity contribution in [1.82, 2.24) is 0 Å². The molecule has 1 radical (unpaired) electrons. The molecular formula is C11H13O3. The Kier molecular flexibility index (Phi) is 3.98. The van der Waals surface area contributed by atoms with Gasteiger partial charge in [-0.15, -0.1) is 0 Å². The molecule has 0 spiro atoms. The SMILES string of the molecule is CCOC(=O)Oc1ccc[c]c1CC. The van der Waals surface area contributed by atoms with Gasteiger partial charge in [-0.1, -0.05) is 19.1 Å². The number of carbonyl (C=O) groups excluding carboxylic acids is 1. The molecule has 0 amide bonds. The van der Waals surface area contributed by atoms with Crippen LogP contribution in [0.25, 0.3) is 0 Å². The van der Waals surface area contributed by atoms with Gasteiger partial charge in [-0.2, -0.15) is 0 Å². The Balaban J connectivity index is 2.70. The van der Waals surface area contributed by atoms with Gasteiger partial charge in [0, 0.05) is 5.56 Å². The van der Waals surface area contributed by atoms with Crippen LogP contribution in [0.5, 0.6) is 5.75 Å². The van der Waals surface area contributed by atoms with Crippen LogP contribution in [0.15, 0.2) is 18.2 Å². The fourth-order valence-corrected chi connectivity index (χ4v) is 1.06. The molecule has 0 fully saturated rings. The second kappa shape index (κ2) is 5.27. The molecule has 1 aromatic carbocycles. The highest BCUT2D eigenvalue weighted by Gasteiger charge is 2.07. The van der Waals surface area contributed by atoms with Crippen LogP contribution < -0.4 is 4.74 Å². The van der Waals surface area contributed by atoms with Crippen molar-refractivity contribution in [3.8, 4) is 5.75 Å². The van der Waals surface area contributed by atoms with E-state index in [1.165, 1.54) is 0 Å². The maximum Gasteiger partial charge on any atom is 0.513 e. The van der Waals surface area contributed by atoms with Crippen molar-refractivity contribution in [3.63, 3.8) is 0 Å². The summed E-state index contributed by atoms with van der Waals surface area (Å²) < 4.78 is 9.65. The van der Waals surface area contributed by atoms with Gasteiger partial charge in [0.2, 0.25) is 0 Å². The van der Waals surface area contributed by atoms with Crippen LogP contribution in [0.4, 0.5) is 4.79 Å². The van der Waals surface area contributed by atoms with Gasteiger partial charge in [0.1, 0.15) is 5.75 Å². The number of aryl methyl sites for hydroxylation is 1. The summed E-state index contributed by atoms with van der Waals surface area (Å²) >= 11 is 0. The molecule has 0 bridgehead atoms. The molecule has 0 atom stereocenters. The first-order chi connectivity index (χ1) is 6.77. The molecule has 1 rings (SSSR count). The first kappa shape index (κ1) is 10.6. The van der Waals surface area contributed by atoms with Crippen LogP contribution in [0, 0.1) is 6.07 Å². The minimum absolute atomic E-state index is 0.316. The van der Waals surface area contributed by atoms with Crippen molar-refractivity contribution in [2.75, 3.05) is 6.61 Å². The summed E-state index contributed by atoms with van der Waals surface area (Å²) in [6, 6.07) is 8.29. The fraction of sp³-hybridized carbons (Fsp3) is 0.364. The van der Waals surface area contributed by atoms with Crippen molar-refractivity contribution < 1.29 is 14.3 Å². The van der Waals surface area contributed by atoms with E-state index in [9.17, 15) is 4.79 Å². The summed E-state index contributed by atoms with van der Waals surface area (Å²) in [6.07, 6.45) is 0.108. The highest BCUT2D eigenvalue weighted by Crippen LogP contribution is 2.18. The zero-order valence-electron chi connectivity index (χ0n) is 8.37. The topological polar surface area (TPSA) is 35.5 Å². The van der Waals surface area contributed by atoms with Crippen LogP contribution in [0.1, 0.15) is 19.4 Å². The Bertz CT molecular complexity index is 307. The summed E-state index contributed by atoms with van der Waals surface area (Å²) in [5.74, 6) is 0.522.